The molecule has 0 unspecified atom stereocenters. The Labute approximate surface area is 171 Å². The molecular weight excluding hydrogens is 366 g/mol. The topological polar surface area (TPSA) is 65.4 Å². The van der Waals surface area contributed by atoms with Crippen molar-refractivity contribution in [1.82, 2.24) is 15.1 Å². The molecule has 0 amide bonds. The molecule has 29 heavy (non-hydrogen) atoms. The van der Waals surface area contributed by atoms with Crippen LogP contribution in [0.25, 0.3) is 0 Å². The number of methoxy groups -OCH3 is 1. The first kappa shape index (κ1) is 20.6. The first-order valence-electron chi connectivity index (χ1n) is 9.61. The number of nitrogens with zero attached hydrogens (tertiary/aromatic N) is 2. The lowest BCUT2D eigenvalue weighted by Crippen LogP contribution is -2.15. The maximum Gasteiger partial charge on any atom is 0.343 e. The monoisotopic (exact) mass is 393 g/mol. The first-order chi connectivity index (χ1) is 14.0. The van der Waals surface area contributed by atoms with Crippen LogP contribution in [-0.4, -0.2) is 29.5 Å². The molecule has 0 atom stereocenters. The standard InChI is InChI=1S/C23H27N3O3/c1-17-9-20(10-18(2)23(17)29-16-22(27)28-3)11-24-12-21-13-25-26(15-21)14-19-7-5-4-6-8-19/h4-10,13,15,24H,11-12,14,16H2,1-3H3. The van der Waals surface area contributed by atoms with E-state index in [1.807, 2.05) is 42.9 Å². The van der Waals surface area contributed by atoms with Crippen molar-refractivity contribution in [3.05, 3.63) is 82.7 Å². The van der Waals surface area contributed by atoms with E-state index in [4.69, 9.17) is 4.74 Å². The summed E-state index contributed by atoms with van der Waals surface area (Å²) >= 11 is 0. The van der Waals surface area contributed by atoms with Gasteiger partial charge in [-0.15, -0.1) is 0 Å². The third kappa shape index (κ3) is 5.93. The van der Waals surface area contributed by atoms with Crippen molar-refractivity contribution in [2.45, 2.75) is 33.5 Å². The zero-order valence-corrected chi connectivity index (χ0v) is 17.1. The molecule has 1 heterocycles. The van der Waals surface area contributed by atoms with E-state index in [0.29, 0.717) is 0 Å². The van der Waals surface area contributed by atoms with Gasteiger partial charge < -0.3 is 14.8 Å². The molecule has 0 aliphatic rings. The average Bonchev–Trinajstić information content (AvgIpc) is 3.15. The maximum absolute atomic E-state index is 11.3. The molecule has 0 radical (unpaired) electrons. The second kappa shape index (κ2) is 9.89. The molecule has 0 spiro atoms. The Morgan fingerprint density at radius 1 is 1.03 bits per heavy atom. The summed E-state index contributed by atoms with van der Waals surface area (Å²) in [5, 5.41) is 7.90. The average molecular weight is 393 g/mol. The van der Waals surface area contributed by atoms with Gasteiger partial charge in [-0.1, -0.05) is 42.5 Å². The van der Waals surface area contributed by atoms with Crippen LogP contribution >= 0.6 is 0 Å². The number of esters is 1. The number of hydrogen-bond acceptors (Lipinski definition) is 5. The van der Waals surface area contributed by atoms with Crippen molar-refractivity contribution in [2.24, 2.45) is 0 Å². The number of ether oxygens (including phenoxy) is 2. The molecule has 3 aromatic rings. The third-order valence-corrected chi connectivity index (χ3v) is 4.61. The summed E-state index contributed by atoms with van der Waals surface area (Å²) in [5.41, 5.74) is 5.55. The highest BCUT2D eigenvalue weighted by Crippen LogP contribution is 2.25. The Kier molecular flexibility index (Phi) is 7.03. The van der Waals surface area contributed by atoms with E-state index in [0.717, 1.165) is 42.1 Å². The number of aromatic nitrogens is 2. The van der Waals surface area contributed by atoms with Crippen molar-refractivity contribution in [1.29, 1.82) is 0 Å². The van der Waals surface area contributed by atoms with Gasteiger partial charge in [-0.25, -0.2) is 4.79 Å². The smallest absolute Gasteiger partial charge is 0.343 e. The molecule has 0 aliphatic carbocycles. The number of benzene rings is 2. The number of carbonyl (C=O) groups excluding carboxylic acids is 1. The van der Waals surface area contributed by atoms with Gasteiger partial charge in [0.15, 0.2) is 6.61 Å². The first-order valence-corrected chi connectivity index (χ1v) is 9.61. The molecule has 3 rings (SSSR count). The van der Waals surface area contributed by atoms with E-state index in [1.54, 1.807) is 0 Å². The van der Waals surface area contributed by atoms with Gasteiger partial charge in [0, 0.05) is 24.8 Å². The second-order valence-corrected chi connectivity index (χ2v) is 7.06. The van der Waals surface area contributed by atoms with Crippen LogP contribution in [-0.2, 0) is 29.2 Å². The van der Waals surface area contributed by atoms with Gasteiger partial charge in [0.25, 0.3) is 0 Å². The number of carbonyl (C=O) groups is 1. The predicted octanol–water partition coefficient (Wildman–Crippen LogP) is 3.39. The maximum atomic E-state index is 11.3. The highest BCUT2D eigenvalue weighted by Gasteiger charge is 2.09. The molecular formula is C23H27N3O3. The van der Waals surface area contributed by atoms with E-state index >= 15 is 0 Å². The van der Waals surface area contributed by atoms with Crippen LogP contribution < -0.4 is 10.1 Å². The van der Waals surface area contributed by atoms with Crippen molar-refractivity contribution in [3.63, 3.8) is 0 Å². The fourth-order valence-corrected chi connectivity index (χ4v) is 3.27. The van der Waals surface area contributed by atoms with E-state index < -0.39 is 0 Å². The predicted molar refractivity (Wildman–Crippen MR) is 112 cm³/mol. The molecule has 6 heteroatoms. The van der Waals surface area contributed by atoms with Crippen LogP contribution in [0.3, 0.4) is 0 Å². The van der Waals surface area contributed by atoms with Crippen LogP contribution in [0.15, 0.2) is 54.9 Å². The zero-order valence-electron chi connectivity index (χ0n) is 17.1. The van der Waals surface area contributed by atoms with E-state index in [9.17, 15) is 4.79 Å². The molecule has 1 N–H and O–H groups in total. The summed E-state index contributed by atoms with van der Waals surface area (Å²) in [6, 6.07) is 14.4. The van der Waals surface area contributed by atoms with Crippen LogP contribution in [0.5, 0.6) is 5.75 Å². The number of rotatable bonds is 9. The molecule has 0 bridgehead atoms. The summed E-state index contributed by atoms with van der Waals surface area (Å²) in [6.45, 7) is 6.14. The summed E-state index contributed by atoms with van der Waals surface area (Å²) in [4.78, 5) is 11.3. The van der Waals surface area contributed by atoms with Crippen molar-refractivity contribution >= 4 is 5.97 Å². The lowest BCUT2D eigenvalue weighted by atomic mass is 10.1. The fourth-order valence-electron chi connectivity index (χ4n) is 3.27. The lowest BCUT2D eigenvalue weighted by molar-refractivity contribution is -0.142. The van der Waals surface area contributed by atoms with Crippen LogP contribution in [0.1, 0.15) is 27.8 Å². The minimum absolute atomic E-state index is 0.0806. The minimum atomic E-state index is -0.387. The number of nitrogens with one attached hydrogen (secondary N) is 1. The largest absolute Gasteiger partial charge is 0.481 e. The third-order valence-electron chi connectivity index (χ3n) is 4.61. The molecule has 6 nitrogen and oxygen atoms in total. The summed E-state index contributed by atoms with van der Waals surface area (Å²) in [6.07, 6.45) is 3.97. The lowest BCUT2D eigenvalue weighted by Gasteiger charge is -2.13. The van der Waals surface area contributed by atoms with Gasteiger partial charge in [-0.3, -0.25) is 4.68 Å². The zero-order chi connectivity index (χ0) is 20.6. The Hall–Kier alpha value is -3.12. The Morgan fingerprint density at radius 2 is 1.72 bits per heavy atom. The van der Waals surface area contributed by atoms with Gasteiger partial charge in [0.05, 0.1) is 19.9 Å². The Morgan fingerprint density at radius 3 is 2.41 bits per heavy atom. The minimum Gasteiger partial charge on any atom is -0.481 e. The number of aryl methyl sites for hydroxylation is 2. The second-order valence-electron chi connectivity index (χ2n) is 7.06. The molecule has 152 valence electrons. The molecule has 0 fully saturated rings. The molecule has 2 aromatic carbocycles. The summed E-state index contributed by atoms with van der Waals surface area (Å²) < 4.78 is 12.2. The fraction of sp³-hybridized carbons (Fsp3) is 0.304. The highest BCUT2D eigenvalue weighted by atomic mass is 16.6. The number of hydrogen-bond donors (Lipinski definition) is 1. The van der Waals surface area contributed by atoms with Crippen molar-refractivity contribution in [2.75, 3.05) is 13.7 Å². The summed E-state index contributed by atoms with van der Waals surface area (Å²) in [7, 11) is 1.35. The SMILES string of the molecule is COC(=O)COc1c(C)cc(CNCc2cnn(Cc3ccccc3)c2)cc1C. The summed E-state index contributed by atoms with van der Waals surface area (Å²) in [5.74, 6) is 0.351. The van der Waals surface area contributed by atoms with Crippen LogP contribution in [0.2, 0.25) is 0 Å². The van der Waals surface area contributed by atoms with Gasteiger partial charge in [0.2, 0.25) is 0 Å². The van der Waals surface area contributed by atoms with Gasteiger partial charge in [-0.2, -0.15) is 5.10 Å². The molecule has 0 saturated heterocycles. The van der Waals surface area contributed by atoms with Gasteiger partial charge in [0.1, 0.15) is 5.75 Å². The van der Waals surface area contributed by atoms with Gasteiger partial charge >= 0.3 is 5.97 Å². The van der Waals surface area contributed by atoms with E-state index in [2.05, 4.69) is 45.6 Å². The van der Waals surface area contributed by atoms with E-state index in [1.165, 1.54) is 18.2 Å². The normalized spacial score (nSPS) is 10.7. The van der Waals surface area contributed by atoms with Gasteiger partial charge in [-0.05, 0) is 36.1 Å². The van der Waals surface area contributed by atoms with Crippen LogP contribution in [0.4, 0.5) is 0 Å². The molecule has 0 aliphatic heterocycles. The Bertz CT molecular complexity index is 928. The van der Waals surface area contributed by atoms with Crippen molar-refractivity contribution in [3.8, 4) is 5.75 Å². The molecule has 1 aromatic heterocycles. The Balaban J connectivity index is 1.52. The van der Waals surface area contributed by atoms with E-state index in [-0.39, 0.29) is 12.6 Å². The molecule has 0 saturated carbocycles. The highest BCUT2D eigenvalue weighted by molar-refractivity contribution is 5.71. The quantitative estimate of drug-likeness (QED) is 0.565. The van der Waals surface area contributed by atoms with Crippen LogP contribution in [0, 0.1) is 13.8 Å². The van der Waals surface area contributed by atoms with Crippen molar-refractivity contribution < 1.29 is 14.3 Å².